The van der Waals surface area contributed by atoms with Crippen LogP contribution >= 0.6 is 11.3 Å². The van der Waals surface area contributed by atoms with Gasteiger partial charge in [0.15, 0.2) is 5.13 Å². The second-order valence-corrected chi connectivity index (χ2v) is 8.66. The highest BCUT2D eigenvalue weighted by Gasteiger charge is 2.24. The molecule has 1 aliphatic rings. The van der Waals surface area contributed by atoms with Crippen LogP contribution in [0.4, 0.5) is 5.13 Å². The average molecular weight is 427 g/mol. The van der Waals surface area contributed by atoms with Crippen LogP contribution in [0.25, 0.3) is 10.2 Å². The number of nitrogens with zero attached hydrogens (tertiary/aromatic N) is 2. The molecule has 0 spiro atoms. The highest BCUT2D eigenvalue weighted by atomic mass is 32.1. The third kappa shape index (κ3) is 4.33. The highest BCUT2D eigenvalue weighted by Crippen LogP contribution is 2.32. The number of carbonyl (C=O) groups excluding carboxylic acids is 1. The van der Waals surface area contributed by atoms with Gasteiger partial charge in [0.1, 0.15) is 18.8 Å². The molecule has 158 valence electrons. The molecular weight excluding hydrogens is 398 g/mol. The molecule has 1 N–H and O–H groups in total. The summed E-state index contributed by atoms with van der Waals surface area (Å²) in [6, 6.07) is 11.5. The maximum Gasteiger partial charge on any atom is 0.260 e. The van der Waals surface area contributed by atoms with Crippen molar-refractivity contribution in [3.8, 4) is 5.75 Å². The van der Waals surface area contributed by atoms with Crippen LogP contribution in [0.1, 0.15) is 21.5 Å². The molecule has 30 heavy (non-hydrogen) atoms. The Hall–Kier alpha value is -2.48. The van der Waals surface area contributed by atoms with Crippen molar-refractivity contribution in [2.24, 2.45) is 0 Å². The molecule has 0 saturated carbocycles. The van der Waals surface area contributed by atoms with E-state index in [0.717, 1.165) is 53.9 Å². The van der Waals surface area contributed by atoms with Crippen LogP contribution in [0, 0.1) is 13.8 Å². The fraction of sp³-hybridized carbons (Fsp3) is 0.391. The minimum atomic E-state index is -0.0289. The molecular formula is C23H28N3O3S+. The molecule has 1 fully saturated rings. The van der Waals surface area contributed by atoms with Crippen LogP contribution in [-0.4, -0.2) is 57.4 Å². The molecule has 0 bridgehead atoms. The van der Waals surface area contributed by atoms with Crippen molar-refractivity contribution in [1.29, 1.82) is 0 Å². The molecule has 2 heterocycles. The van der Waals surface area contributed by atoms with Crippen molar-refractivity contribution in [3.05, 3.63) is 53.1 Å². The molecule has 0 atom stereocenters. The van der Waals surface area contributed by atoms with E-state index in [1.807, 2.05) is 29.2 Å². The second kappa shape index (κ2) is 9.12. The van der Waals surface area contributed by atoms with Crippen molar-refractivity contribution in [2.45, 2.75) is 13.8 Å². The second-order valence-electron chi connectivity index (χ2n) is 7.65. The first-order chi connectivity index (χ1) is 14.6. The molecule has 3 aromatic rings. The first-order valence-corrected chi connectivity index (χ1v) is 11.1. The minimum absolute atomic E-state index is 0.0289. The summed E-state index contributed by atoms with van der Waals surface area (Å²) >= 11 is 1.58. The van der Waals surface area contributed by atoms with Crippen molar-refractivity contribution in [1.82, 2.24) is 4.98 Å². The normalized spacial score (nSPS) is 14.8. The lowest BCUT2D eigenvalue weighted by Crippen LogP contribution is -3.14. The number of amides is 1. The van der Waals surface area contributed by atoms with Gasteiger partial charge < -0.3 is 14.4 Å². The summed E-state index contributed by atoms with van der Waals surface area (Å²) in [7, 11) is 1.62. The number of hydrogen-bond donors (Lipinski definition) is 1. The number of benzene rings is 2. The molecule has 1 saturated heterocycles. The van der Waals surface area contributed by atoms with Gasteiger partial charge in [-0.3, -0.25) is 9.69 Å². The molecule has 0 unspecified atom stereocenters. The van der Waals surface area contributed by atoms with Gasteiger partial charge in [0.2, 0.25) is 0 Å². The predicted molar refractivity (Wildman–Crippen MR) is 120 cm³/mol. The van der Waals surface area contributed by atoms with Crippen molar-refractivity contribution >= 4 is 32.6 Å². The number of fused-ring (bicyclic) bond motifs is 1. The van der Waals surface area contributed by atoms with Crippen LogP contribution in [0.3, 0.4) is 0 Å². The number of hydrogen-bond acceptors (Lipinski definition) is 5. The van der Waals surface area contributed by atoms with Crippen LogP contribution in [0.2, 0.25) is 0 Å². The number of ether oxygens (including phenoxy) is 2. The van der Waals surface area contributed by atoms with E-state index in [1.54, 1.807) is 18.4 Å². The SMILES string of the molecule is COc1ccc(C(=O)N(CC[NH+]2CCOCC2)c2nc3c(C)c(C)ccc3s2)cc1. The molecule has 1 aromatic heterocycles. The van der Waals surface area contributed by atoms with Crippen molar-refractivity contribution in [3.63, 3.8) is 0 Å². The van der Waals surface area contributed by atoms with E-state index in [-0.39, 0.29) is 5.91 Å². The average Bonchev–Trinajstić information content (AvgIpc) is 3.22. The number of aromatic nitrogens is 1. The van der Waals surface area contributed by atoms with Crippen LogP contribution in [-0.2, 0) is 4.74 Å². The molecule has 0 radical (unpaired) electrons. The van der Waals surface area contributed by atoms with E-state index in [0.29, 0.717) is 12.1 Å². The Kier molecular flexibility index (Phi) is 6.32. The number of aryl methyl sites for hydroxylation is 2. The third-order valence-corrected chi connectivity index (χ3v) is 6.82. The summed E-state index contributed by atoms with van der Waals surface area (Å²) in [4.78, 5) is 21.6. The lowest BCUT2D eigenvalue weighted by Gasteiger charge is -2.27. The minimum Gasteiger partial charge on any atom is -0.497 e. The summed E-state index contributed by atoms with van der Waals surface area (Å²) in [6.45, 7) is 9.19. The summed E-state index contributed by atoms with van der Waals surface area (Å²) < 4.78 is 11.8. The van der Waals surface area contributed by atoms with Crippen LogP contribution in [0.15, 0.2) is 36.4 Å². The highest BCUT2D eigenvalue weighted by molar-refractivity contribution is 7.22. The van der Waals surface area contributed by atoms with Crippen LogP contribution < -0.4 is 14.5 Å². The molecule has 4 rings (SSSR count). The Balaban J connectivity index is 1.65. The van der Waals surface area contributed by atoms with Gasteiger partial charge in [-0.1, -0.05) is 17.4 Å². The van der Waals surface area contributed by atoms with E-state index in [4.69, 9.17) is 14.5 Å². The lowest BCUT2D eigenvalue weighted by atomic mass is 10.1. The lowest BCUT2D eigenvalue weighted by molar-refractivity contribution is -0.906. The van der Waals surface area contributed by atoms with E-state index in [9.17, 15) is 4.79 Å². The maximum atomic E-state index is 13.5. The van der Waals surface area contributed by atoms with E-state index in [2.05, 4.69) is 26.0 Å². The van der Waals surface area contributed by atoms with Crippen molar-refractivity contribution in [2.75, 3.05) is 51.4 Å². The Labute approximate surface area is 181 Å². The van der Waals surface area contributed by atoms with E-state index >= 15 is 0 Å². The number of methoxy groups -OCH3 is 1. The Morgan fingerprint density at radius 1 is 1.17 bits per heavy atom. The van der Waals surface area contributed by atoms with E-state index in [1.165, 1.54) is 16.0 Å². The zero-order valence-electron chi connectivity index (χ0n) is 17.7. The number of anilines is 1. The molecule has 2 aromatic carbocycles. The van der Waals surface area contributed by atoms with Gasteiger partial charge in [0.25, 0.3) is 5.91 Å². The summed E-state index contributed by atoms with van der Waals surface area (Å²) in [5.41, 5.74) is 4.01. The summed E-state index contributed by atoms with van der Waals surface area (Å²) in [5.74, 6) is 0.709. The number of quaternary nitrogens is 1. The van der Waals surface area contributed by atoms with Gasteiger partial charge in [-0.15, -0.1) is 0 Å². The number of rotatable bonds is 6. The Bertz CT molecular complexity index is 1030. The molecule has 1 amide bonds. The molecule has 7 heteroatoms. The first-order valence-electron chi connectivity index (χ1n) is 10.3. The largest absolute Gasteiger partial charge is 0.497 e. The number of morpholine rings is 1. The zero-order valence-corrected chi connectivity index (χ0v) is 18.6. The van der Waals surface area contributed by atoms with Gasteiger partial charge in [-0.25, -0.2) is 4.98 Å². The van der Waals surface area contributed by atoms with Crippen LogP contribution in [0.5, 0.6) is 5.75 Å². The molecule has 0 aliphatic carbocycles. The van der Waals surface area contributed by atoms with Gasteiger partial charge in [0, 0.05) is 5.56 Å². The number of nitrogens with one attached hydrogen (secondary N) is 1. The topological polar surface area (TPSA) is 56.1 Å². The maximum absolute atomic E-state index is 13.5. The van der Waals surface area contributed by atoms with Gasteiger partial charge in [-0.05, 0) is 55.3 Å². The predicted octanol–water partition coefficient (Wildman–Crippen LogP) is 2.48. The fourth-order valence-electron chi connectivity index (χ4n) is 3.68. The fourth-order valence-corrected chi connectivity index (χ4v) is 4.73. The molecule has 6 nitrogen and oxygen atoms in total. The third-order valence-electron chi connectivity index (χ3n) is 5.78. The number of carbonyl (C=O) groups is 1. The Morgan fingerprint density at radius 3 is 2.60 bits per heavy atom. The Morgan fingerprint density at radius 2 is 1.90 bits per heavy atom. The summed E-state index contributed by atoms with van der Waals surface area (Å²) in [5, 5.41) is 0.757. The van der Waals surface area contributed by atoms with Gasteiger partial charge in [0.05, 0.1) is 43.6 Å². The van der Waals surface area contributed by atoms with Crippen molar-refractivity contribution < 1.29 is 19.2 Å². The first kappa shape index (κ1) is 20.8. The monoisotopic (exact) mass is 426 g/mol. The van der Waals surface area contributed by atoms with E-state index < -0.39 is 0 Å². The quantitative estimate of drug-likeness (QED) is 0.658. The molecule has 1 aliphatic heterocycles. The van der Waals surface area contributed by atoms with Gasteiger partial charge in [-0.2, -0.15) is 0 Å². The standard InChI is InChI=1S/C23H27N3O3S/c1-16-4-9-20-21(17(16)2)24-23(30-20)26(11-10-25-12-14-29-15-13-25)22(27)18-5-7-19(28-3)8-6-18/h4-9H,10-15H2,1-3H3/p+1. The number of thiazole rings is 1. The van der Waals surface area contributed by atoms with Gasteiger partial charge >= 0.3 is 0 Å². The zero-order chi connectivity index (χ0) is 21.1. The smallest absolute Gasteiger partial charge is 0.260 e. The summed E-state index contributed by atoms with van der Waals surface area (Å²) in [6.07, 6.45) is 0.